The summed E-state index contributed by atoms with van der Waals surface area (Å²) in [4.78, 5) is 0. The highest BCUT2D eigenvalue weighted by atomic mass is 16.3. The predicted molar refractivity (Wildman–Crippen MR) is 80.7 cm³/mol. The maximum absolute atomic E-state index is 9.33. The lowest BCUT2D eigenvalue weighted by Crippen LogP contribution is -2.09. The minimum Gasteiger partial charge on any atom is -0.508 e. The summed E-state index contributed by atoms with van der Waals surface area (Å²) >= 11 is 0. The smallest absolute Gasteiger partial charge is 0.115 e. The Hall–Kier alpha value is -1.96. The summed E-state index contributed by atoms with van der Waals surface area (Å²) in [7, 11) is 0. The third-order valence-electron chi connectivity index (χ3n) is 3.49. The molecule has 0 amide bonds. The number of hydrogen-bond acceptors (Lipinski definition) is 2. The van der Waals surface area contributed by atoms with Crippen LogP contribution in [0.1, 0.15) is 36.6 Å². The zero-order valence-corrected chi connectivity index (χ0v) is 11.8. The molecule has 0 saturated heterocycles. The molecule has 0 fully saturated rings. The van der Waals surface area contributed by atoms with E-state index in [0.717, 1.165) is 6.42 Å². The van der Waals surface area contributed by atoms with Gasteiger partial charge in [0.1, 0.15) is 5.75 Å². The number of aromatic hydroxyl groups is 1. The number of rotatable bonds is 4. The Balaban J connectivity index is 2.23. The van der Waals surface area contributed by atoms with Gasteiger partial charge in [0, 0.05) is 11.7 Å². The second-order valence-electron chi connectivity index (χ2n) is 4.92. The van der Waals surface area contributed by atoms with Gasteiger partial charge in [-0.3, -0.25) is 0 Å². The number of anilines is 1. The van der Waals surface area contributed by atoms with E-state index in [-0.39, 0.29) is 6.04 Å². The first kappa shape index (κ1) is 13.5. The molecule has 0 saturated carbocycles. The fraction of sp³-hybridized carbons (Fsp3) is 0.294. The van der Waals surface area contributed by atoms with Crippen LogP contribution < -0.4 is 5.32 Å². The van der Waals surface area contributed by atoms with Crippen LogP contribution in [0.4, 0.5) is 5.69 Å². The van der Waals surface area contributed by atoms with Gasteiger partial charge in [0.2, 0.25) is 0 Å². The second kappa shape index (κ2) is 5.79. The molecule has 2 aromatic carbocycles. The van der Waals surface area contributed by atoms with Crippen LogP contribution in [0, 0.1) is 6.92 Å². The summed E-state index contributed by atoms with van der Waals surface area (Å²) < 4.78 is 0. The van der Waals surface area contributed by atoms with Crippen molar-refractivity contribution in [2.75, 3.05) is 5.32 Å². The fourth-order valence-corrected chi connectivity index (χ4v) is 2.29. The molecule has 2 nitrogen and oxygen atoms in total. The van der Waals surface area contributed by atoms with Crippen LogP contribution in [0.15, 0.2) is 42.5 Å². The number of hydrogen-bond donors (Lipinski definition) is 2. The summed E-state index contributed by atoms with van der Waals surface area (Å²) in [6.07, 6.45) is 1.02. The Kier molecular flexibility index (Phi) is 4.10. The van der Waals surface area contributed by atoms with Gasteiger partial charge in [-0.25, -0.2) is 0 Å². The Morgan fingerprint density at radius 2 is 1.79 bits per heavy atom. The molecule has 0 spiro atoms. The van der Waals surface area contributed by atoms with Crippen LogP contribution in [0.5, 0.6) is 5.75 Å². The molecule has 100 valence electrons. The van der Waals surface area contributed by atoms with Crippen molar-refractivity contribution in [2.24, 2.45) is 0 Å². The highest BCUT2D eigenvalue weighted by Gasteiger charge is 2.09. The van der Waals surface area contributed by atoms with Gasteiger partial charge in [-0.05, 0) is 49.1 Å². The summed E-state index contributed by atoms with van der Waals surface area (Å²) in [5, 5.41) is 12.9. The third kappa shape index (κ3) is 3.08. The number of phenolic OH excluding ortho intramolecular Hbond substituents is 1. The Morgan fingerprint density at radius 3 is 2.42 bits per heavy atom. The average Bonchev–Trinajstić information content (AvgIpc) is 2.41. The van der Waals surface area contributed by atoms with Crippen molar-refractivity contribution in [3.63, 3.8) is 0 Å². The minimum atomic E-state index is 0.215. The summed E-state index contributed by atoms with van der Waals surface area (Å²) in [5.41, 5.74) is 5.00. The van der Waals surface area contributed by atoms with Crippen LogP contribution >= 0.6 is 0 Å². The van der Waals surface area contributed by atoms with E-state index in [0.29, 0.717) is 5.75 Å². The average molecular weight is 255 g/mol. The highest BCUT2D eigenvalue weighted by Crippen LogP contribution is 2.26. The molecule has 0 aliphatic carbocycles. The van der Waals surface area contributed by atoms with E-state index in [1.807, 2.05) is 12.1 Å². The molecule has 0 bridgehead atoms. The van der Waals surface area contributed by atoms with Crippen molar-refractivity contribution in [2.45, 2.75) is 33.2 Å². The molecule has 0 aliphatic heterocycles. The van der Waals surface area contributed by atoms with E-state index in [1.165, 1.54) is 22.4 Å². The zero-order valence-electron chi connectivity index (χ0n) is 11.8. The molecular formula is C17H21NO. The first-order valence-corrected chi connectivity index (χ1v) is 6.75. The van der Waals surface area contributed by atoms with Crippen LogP contribution in [0.3, 0.4) is 0 Å². The monoisotopic (exact) mass is 255 g/mol. The summed E-state index contributed by atoms with van der Waals surface area (Å²) in [5.74, 6) is 0.307. The van der Waals surface area contributed by atoms with Gasteiger partial charge in [-0.1, -0.05) is 37.3 Å². The fourth-order valence-electron chi connectivity index (χ4n) is 2.29. The van der Waals surface area contributed by atoms with Crippen LogP contribution in [0.25, 0.3) is 0 Å². The van der Waals surface area contributed by atoms with Crippen molar-refractivity contribution in [1.82, 2.24) is 0 Å². The van der Waals surface area contributed by atoms with Gasteiger partial charge in [-0.2, -0.15) is 0 Å². The summed E-state index contributed by atoms with van der Waals surface area (Å²) in [6.45, 7) is 6.44. The van der Waals surface area contributed by atoms with E-state index in [4.69, 9.17) is 0 Å². The van der Waals surface area contributed by atoms with E-state index in [9.17, 15) is 5.11 Å². The van der Waals surface area contributed by atoms with E-state index < -0.39 is 0 Å². The number of para-hydroxylation sites is 1. The van der Waals surface area contributed by atoms with Crippen molar-refractivity contribution < 1.29 is 5.11 Å². The van der Waals surface area contributed by atoms with Crippen LogP contribution in [0.2, 0.25) is 0 Å². The Bertz CT molecular complexity index is 546. The normalized spacial score (nSPS) is 12.2. The highest BCUT2D eigenvalue weighted by molar-refractivity contribution is 5.58. The van der Waals surface area contributed by atoms with Gasteiger partial charge >= 0.3 is 0 Å². The molecule has 0 radical (unpaired) electrons. The lowest BCUT2D eigenvalue weighted by Gasteiger charge is -2.20. The Morgan fingerprint density at radius 1 is 1.11 bits per heavy atom. The zero-order chi connectivity index (χ0) is 13.8. The van der Waals surface area contributed by atoms with Gasteiger partial charge < -0.3 is 10.4 Å². The summed E-state index contributed by atoms with van der Waals surface area (Å²) in [6, 6.07) is 14.0. The molecule has 0 heterocycles. The first-order valence-electron chi connectivity index (χ1n) is 6.75. The number of benzene rings is 2. The maximum atomic E-state index is 9.33. The molecule has 2 aromatic rings. The van der Waals surface area contributed by atoms with Gasteiger partial charge in [0.05, 0.1) is 0 Å². The minimum absolute atomic E-state index is 0.215. The largest absolute Gasteiger partial charge is 0.508 e. The molecule has 19 heavy (non-hydrogen) atoms. The van der Waals surface area contributed by atoms with Crippen LogP contribution in [-0.4, -0.2) is 5.11 Å². The van der Waals surface area contributed by atoms with Gasteiger partial charge in [0.25, 0.3) is 0 Å². The molecular weight excluding hydrogens is 234 g/mol. The lowest BCUT2D eigenvalue weighted by atomic mass is 10.0. The molecule has 1 atom stereocenters. The number of phenols is 1. The molecule has 0 aliphatic rings. The number of nitrogens with one attached hydrogen (secondary N) is 1. The van der Waals surface area contributed by atoms with Crippen molar-refractivity contribution in [1.29, 1.82) is 0 Å². The SMILES string of the molecule is CCc1cccc(C)c1NC(C)c1ccc(O)cc1. The number of aryl methyl sites for hydroxylation is 2. The molecule has 2 N–H and O–H groups in total. The third-order valence-corrected chi connectivity index (χ3v) is 3.49. The molecule has 2 rings (SSSR count). The van der Waals surface area contributed by atoms with Crippen molar-refractivity contribution in [3.05, 3.63) is 59.2 Å². The predicted octanol–water partition coefficient (Wildman–Crippen LogP) is 4.44. The molecule has 1 unspecified atom stereocenters. The van der Waals surface area contributed by atoms with Crippen LogP contribution in [-0.2, 0) is 6.42 Å². The Labute approximate surface area is 115 Å². The van der Waals surface area contributed by atoms with Gasteiger partial charge in [0.15, 0.2) is 0 Å². The van der Waals surface area contributed by atoms with Crippen molar-refractivity contribution in [3.8, 4) is 5.75 Å². The first-order chi connectivity index (χ1) is 9.11. The maximum Gasteiger partial charge on any atom is 0.115 e. The standard InChI is InChI=1S/C17H21NO/c1-4-14-7-5-6-12(2)17(14)18-13(3)15-8-10-16(19)11-9-15/h5-11,13,18-19H,4H2,1-3H3. The van der Waals surface area contributed by atoms with Crippen molar-refractivity contribution >= 4 is 5.69 Å². The lowest BCUT2D eigenvalue weighted by molar-refractivity contribution is 0.475. The topological polar surface area (TPSA) is 32.3 Å². The molecule has 2 heteroatoms. The van der Waals surface area contributed by atoms with E-state index in [2.05, 4.69) is 44.3 Å². The van der Waals surface area contributed by atoms with E-state index in [1.54, 1.807) is 12.1 Å². The quantitative estimate of drug-likeness (QED) is 0.846. The molecule has 0 aromatic heterocycles. The second-order valence-corrected chi connectivity index (χ2v) is 4.92. The van der Waals surface area contributed by atoms with E-state index >= 15 is 0 Å². The van der Waals surface area contributed by atoms with Gasteiger partial charge in [-0.15, -0.1) is 0 Å².